The monoisotopic (exact) mass is 161 g/mol. The Kier molecular flexibility index (Phi) is 3.17. The highest BCUT2D eigenvalue weighted by molar-refractivity contribution is 5.80. The zero-order valence-electron chi connectivity index (χ0n) is 6.94. The van der Waals surface area contributed by atoms with E-state index < -0.39 is 0 Å². The molecule has 0 aliphatic heterocycles. The number of benzene rings is 1. The number of fused-ring (bicyclic) bond motifs is 1. The number of nitrogens with zero attached hydrogens (tertiary/aromatic N) is 2. The molecule has 0 aliphatic rings. The smallest absolute Gasteiger partial charge is 0.0574 e. The van der Waals surface area contributed by atoms with Gasteiger partial charge in [0.25, 0.3) is 0 Å². The summed E-state index contributed by atoms with van der Waals surface area (Å²) in [4.78, 5) is 0. The molecule has 0 saturated heterocycles. The van der Waals surface area contributed by atoms with Crippen LogP contribution in [0.25, 0.3) is 10.8 Å². The van der Waals surface area contributed by atoms with Gasteiger partial charge in [0.15, 0.2) is 0 Å². The Bertz CT molecular complexity index is 281. The average Bonchev–Trinajstić information content (AvgIpc) is 2.21. The molecule has 0 radical (unpaired) electrons. The SMILES string of the molecule is CN.c1ccc2cnncc2c1. The van der Waals surface area contributed by atoms with Crippen molar-refractivity contribution in [3.8, 4) is 0 Å². The van der Waals surface area contributed by atoms with Crippen LogP contribution in [0, 0.1) is 0 Å². The molecule has 0 fully saturated rings. The van der Waals surface area contributed by atoms with Gasteiger partial charge in [-0.15, -0.1) is 0 Å². The van der Waals surface area contributed by atoms with Crippen molar-refractivity contribution in [3.63, 3.8) is 0 Å². The summed E-state index contributed by atoms with van der Waals surface area (Å²) in [7, 11) is 1.50. The number of aromatic nitrogens is 2. The summed E-state index contributed by atoms with van der Waals surface area (Å²) >= 11 is 0. The maximum absolute atomic E-state index is 4.50. The number of hydrogen-bond donors (Lipinski definition) is 1. The van der Waals surface area contributed by atoms with Crippen molar-refractivity contribution < 1.29 is 0 Å². The van der Waals surface area contributed by atoms with E-state index in [4.69, 9.17) is 0 Å². The van der Waals surface area contributed by atoms with Crippen LogP contribution in [0.2, 0.25) is 0 Å². The second-order valence-corrected chi connectivity index (χ2v) is 2.12. The summed E-state index contributed by atoms with van der Waals surface area (Å²) in [5, 5.41) is 9.80. The molecule has 2 rings (SSSR count). The fourth-order valence-corrected chi connectivity index (χ4v) is 0.937. The molecule has 2 N–H and O–H groups in total. The molecular formula is C9H11N3. The highest BCUT2D eigenvalue weighted by Crippen LogP contribution is 2.08. The molecule has 0 atom stereocenters. The van der Waals surface area contributed by atoms with Crippen molar-refractivity contribution >= 4 is 10.8 Å². The quantitative estimate of drug-likeness (QED) is 0.631. The zero-order chi connectivity index (χ0) is 8.81. The minimum absolute atomic E-state index is 1.14. The lowest BCUT2D eigenvalue weighted by Gasteiger charge is -1.90. The Labute approximate surface area is 71.2 Å². The fraction of sp³-hybridized carbons (Fsp3) is 0.111. The summed E-state index contributed by atoms with van der Waals surface area (Å²) in [6, 6.07) is 8.02. The summed E-state index contributed by atoms with van der Waals surface area (Å²) in [6.07, 6.45) is 3.52. The molecule has 0 aliphatic carbocycles. The van der Waals surface area contributed by atoms with E-state index in [1.54, 1.807) is 12.4 Å². The summed E-state index contributed by atoms with van der Waals surface area (Å²) in [5.41, 5.74) is 4.50. The average molecular weight is 161 g/mol. The third-order valence-electron chi connectivity index (χ3n) is 1.46. The van der Waals surface area contributed by atoms with E-state index in [-0.39, 0.29) is 0 Å². The van der Waals surface area contributed by atoms with Crippen LogP contribution in [0.1, 0.15) is 0 Å². The lowest BCUT2D eigenvalue weighted by atomic mass is 10.2. The molecule has 1 aromatic heterocycles. The molecule has 2 aromatic rings. The standard InChI is InChI=1S/C8H6N2.CH5N/c1-2-4-8-6-10-9-5-7(8)3-1;1-2/h1-6H;2H2,1H3. The molecule has 0 unspecified atom stereocenters. The molecule has 1 aromatic carbocycles. The number of nitrogens with two attached hydrogens (primary N) is 1. The Morgan fingerprint density at radius 2 is 1.33 bits per heavy atom. The minimum Gasteiger partial charge on any atom is -0.333 e. The van der Waals surface area contributed by atoms with Crippen molar-refractivity contribution in [1.82, 2.24) is 10.2 Å². The van der Waals surface area contributed by atoms with Crippen LogP contribution in [0.4, 0.5) is 0 Å². The van der Waals surface area contributed by atoms with Gasteiger partial charge in [0, 0.05) is 10.8 Å². The van der Waals surface area contributed by atoms with Gasteiger partial charge in [-0.3, -0.25) is 0 Å². The van der Waals surface area contributed by atoms with Crippen LogP contribution in [-0.2, 0) is 0 Å². The van der Waals surface area contributed by atoms with Crippen LogP contribution < -0.4 is 5.73 Å². The van der Waals surface area contributed by atoms with Crippen LogP contribution in [0.3, 0.4) is 0 Å². The van der Waals surface area contributed by atoms with E-state index in [0.717, 1.165) is 10.8 Å². The highest BCUT2D eigenvalue weighted by atomic mass is 15.1. The molecule has 0 amide bonds. The van der Waals surface area contributed by atoms with Crippen molar-refractivity contribution in [3.05, 3.63) is 36.7 Å². The van der Waals surface area contributed by atoms with Gasteiger partial charge in [-0.1, -0.05) is 24.3 Å². The van der Waals surface area contributed by atoms with Crippen molar-refractivity contribution in [2.24, 2.45) is 5.73 Å². The maximum Gasteiger partial charge on any atom is 0.0574 e. The molecule has 12 heavy (non-hydrogen) atoms. The van der Waals surface area contributed by atoms with E-state index in [1.807, 2.05) is 24.3 Å². The zero-order valence-corrected chi connectivity index (χ0v) is 6.94. The van der Waals surface area contributed by atoms with Crippen LogP contribution >= 0.6 is 0 Å². The highest BCUT2D eigenvalue weighted by Gasteiger charge is 1.87. The molecule has 62 valence electrons. The molecule has 0 spiro atoms. The van der Waals surface area contributed by atoms with E-state index in [0.29, 0.717) is 0 Å². The second-order valence-electron chi connectivity index (χ2n) is 2.12. The first kappa shape index (κ1) is 8.62. The van der Waals surface area contributed by atoms with Gasteiger partial charge in [0.05, 0.1) is 12.4 Å². The Morgan fingerprint density at radius 1 is 0.917 bits per heavy atom. The second kappa shape index (κ2) is 4.41. The van der Waals surface area contributed by atoms with E-state index >= 15 is 0 Å². The number of rotatable bonds is 0. The molecule has 3 heteroatoms. The Hall–Kier alpha value is -1.48. The van der Waals surface area contributed by atoms with Crippen LogP contribution in [-0.4, -0.2) is 17.2 Å². The normalized spacial score (nSPS) is 8.83. The predicted molar refractivity (Wildman–Crippen MR) is 49.6 cm³/mol. The summed E-state index contributed by atoms with van der Waals surface area (Å²) in [6.45, 7) is 0. The largest absolute Gasteiger partial charge is 0.333 e. The Balaban J connectivity index is 0.000000336. The van der Waals surface area contributed by atoms with Gasteiger partial charge in [-0.25, -0.2) is 0 Å². The van der Waals surface area contributed by atoms with E-state index in [9.17, 15) is 0 Å². The summed E-state index contributed by atoms with van der Waals surface area (Å²) in [5.74, 6) is 0. The first-order valence-electron chi connectivity index (χ1n) is 3.70. The summed E-state index contributed by atoms with van der Waals surface area (Å²) < 4.78 is 0. The molecular weight excluding hydrogens is 150 g/mol. The first-order chi connectivity index (χ1) is 5.97. The topological polar surface area (TPSA) is 51.8 Å². The van der Waals surface area contributed by atoms with Crippen molar-refractivity contribution in [2.75, 3.05) is 7.05 Å². The van der Waals surface area contributed by atoms with Gasteiger partial charge in [-0.05, 0) is 7.05 Å². The molecule has 0 bridgehead atoms. The van der Waals surface area contributed by atoms with Crippen LogP contribution in [0.5, 0.6) is 0 Å². The molecule has 0 saturated carbocycles. The van der Waals surface area contributed by atoms with E-state index in [1.165, 1.54) is 7.05 Å². The van der Waals surface area contributed by atoms with E-state index in [2.05, 4.69) is 15.9 Å². The lowest BCUT2D eigenvalue weighted by Crippen LogP contribution is -1.77. The predicted octanol–water partition coefficient (Wildman–Crippen LogP) is 1.20. The van der Waals surface area contributed by atoms with Crippen molar-refractivity contribution in [1.29, 1.82) is 0 Å². The number of hydrogen-bond acceptors (Lipinski definition) is 3. The van der Waals surface area contributed by atoms with Crippen molar-refractivity contribution in [2.45, 2.75) is 0 Å². The van der Waals surface area contributed by atoms with Crippen LogP contribution in [0.15, 0.2) is 36.7 Å². The molecule has 3 nitrogen and oxygen atoms in total. The first-order valence-corrected chi connectivity index (χ1v) is 3.70. The maximum atomic E-state index is 4.50. The Morgan fingerprint density at radius 3 is 1.75 bits per heavy atom. The fourth-order valence-electron chi connectivity index (χ4n) is 0.937. The van der Waals surface area contributed by atoms with Gasteiger partial charge in [-0.2, -0.15) is 10.2 Å². The van der Waals surface area contributed by atoms with Gasteiger partial charge in [0.2, 0.25) is 0 Å². The third-order valence-corrected chi connectivity index (χ3v) is 1.46. The minimum atomic E-state index is 1.14. The lowest BCUT2D eigenvalue weighted by molar-refractivity contribution is 1.05. The third kappa shape index (κ3) is 1.77. The molecule has 1 heterocycles. The van der Waals surface area contributed by atoms with Gasteiger partial charge >= 0.3 is 0 Å². The van der Waals surface area contributed by atoms with Gasteiger partial charge < -0.3 is 5.73 Å². The van der Waals surface area contributed by atoms with Gasteiger partial charge in [0.1, 0.15) is 0 Å².